The predicted octanol–water partition coefficient (Wildman–Crippen LogP) is 3.79. The molecule has 0 aliphatic heterocycles. The van der Waals surface area contributed by atoms with Gasteiger partial charge in [0.1, 0.15) is 17.7 Å². The van der Waals surface area contributed by atoms with Gasteiger partial charge in [-0.25, -0.2) is 8.78 Å². The predicted molar refractivity (Wildman–Crippen MR) is 143 cm³/mol. The summed E-state index contributed by atoms with van der Waals surface area (Å²) in [4.78, 5) is 40.9. The number of aliphatic hydroxyl groups is 1. The molecule has 0 aromatic heterocycles. The number of amides is 3. The lowest BCUT2D eigenvalue weighted by molar-refractivity contribution is -0.139. The summed E-state index contributed by atoms with van der Waals surface area (Å²) in [5.41, 5.74) is 0.185. The van der Waals surface area contributed by atoms with Gasteiger partial charge in [-0.3, -0.25) is 14.4 Å². The van der Waals surface area contributed by atoms with Crippen LogP contribution in [-0.2, 0) is 20.8 Å². The molecule has 1 aromatic rings. The van der Waals surface area contributed by atoms with Crippen molar-refractivity contribution in [1.29, 1.82) is 0 Å². The first kappa shape index (κ1) is 29.2. The van der Waals surface area contributed by atoms with E-state index in [4.69, 9.17) is 0 Å². The number of halogens is 2. The third kappa shape index (κ3) is 8.59. The van der Waals surface area contributed by atoms with Gasteiger partial charge >= 0.3 is 0 Å². The lowest BCUT2D eigenvalue weighted by Crippen LogP contribution is -2.58. The van der Waals surface area contributed by atoms with Crippen LogP contribution < -0.4 is 10.6 Å². The Bertz CT molecular complexity index is 1040. The standard InChI is InChI=1S/C30H41F2N3O4/c1-19(33-28(37)15-21-13-23(31)16-24(32)14-21)30(39)34-25-9-5-6-10-26(25)35(18-20-11-12-20)29(38)17-27(36)22-7-3-2-4-8-22/h3,7,13-14,16,19-20,22,25-27,36H,2,4-6,8-12,15,17-18H2,1H3,(H,33,37)(H,34,39)/t19-,22?,25-,26-,27-/m0/s1. The van der Waals surface area contributed by atoms with E-state index in [0.717, 1.165) is 76.0 Å². The molecule has 3 aliphatic carbocycles. The summed E-state index contributed by atoms with van der Waals surface area (Å²) in [7, 11) is 0. The number of allylic oxidation sites excluding steroid dienone is 1. The molecule has 2 saturated carbocycles. The van der Waals surface area contributed by atoms with Gasteiger partial charge in [0.2, 0.25) is 17.7 Å². The Morgan fingerprint density at radius 2 is 1.74 bits per heavy atom. The maximum Gasteiger partial charge on any atom is 0.242 e. The zero-order valence-electron chi connectivity index (χ0n) is 22.7. The first-order valence-electron chi connectivity index (χ1n) is 14.4. The SMILES string of the molecule is C[C@H](NC(=O)Cc1cc(F)cc(F)c1)C(=O)N[C@H]1CCCC[C@@H]1N(CC1CC1)C(=O)C[C@H](O)C1C=CCCC1. The minimum atomic E-state index is -0.856. The van der Waals surface area contributed by atoms with E-state index < -0.39 is 29.7 Å². The summed E-state index contributed by atoms with van der Waals surface area (Å²) in [6, 6.07) is 1.65. The summed E-state index contributed by atoms with van der Waals surface area (Å²) in [6.45, 7) is 2.21. The van der Waals surface area contributed by atoms with Crippen LogP contribution in [0.1, 0.15) is 76.7 Å². The van der Waals surface area contributed by atoms with Crippen LogP contribution in [0.5, 0.6) is 0 Å². The minimum absolute atomic E-state index is 0.000614. The Morgan fingerprint density at radius 3 is 2.41 bits per heavy atom. The number of nitrogens with one attached hydrogen (secondary N) is 2. The van der Waals surface area contributed by atoms with Gasteiger partial charge in [0.15, 0.2) is 0 Å². The quantitative estimate of drug-likeness (QED) is 0.369. The van der Waals surface area contributed by atoms with Crippen LogP contribution in [0, 0.1) is 23.5 Å². The summed E-state index contributed by atoms with van der Waals surface area (Å²) in [5, 5.41) is 16.5. The lowest BCUT2D eigenvalue weighted by atomic mass is 9.87. The van der Waals surface area contributed by atoms with Crippen LogP contribution >= 0.6 is 0 Å². The van der Waals surface area contributed by atoms with Gasteiger partial charge in [0, 0.05) is 24.6 Å². The molecule has 0 spiro atoms. The third-order valence-corrected chi connectivity index (χ3v) is 8.16. The smallest absolute Gasteiger partial charge is 0.242 e. The van der Waals surface area contributed by atoms with Gasteiger partial charge < -0.3 is 20.6 Å². The monoisotopic (exact) mass is 545 g/mol. The second-order valence-electron chi connectivity index (χ2n) is 11.5. The van der Waals surface area contributed by atoms with Gasteiger partial charge in [-0.1, -0.05) is 25.0 Å². The van der Waals surface area contributed by atoms with E-state index in [0.29, 0.717) is 12.5 Å². The van der Waals surface area contributed by atoms with E-state index >= 15 is 0 Å². The number of rotatable bonds is 11. The van der Waals surface area contributed by atoms with Crippen LogP contribution in [0.2, 0.25) is 0 Å². The fourth-order valence-corrected chi connectivity index (χ4v) is 5.82. The molecule has 4 rings (SSSR count). The van der Waals surface area contributed by atoms with Crippen molar-refractivity contribution in [2.75, 3.05) is 6.54 Å². The molecule has 214 valence electrons. The van der Waals surface area contributed by atoms with E-state index in [1.54, 1.807) is 6.92 Å². The number of nitrogens with zero attached hydrogens (tertiary/aromatic N) is 1. The fourth-order valence-electron chi connectivity index (χ4n) is 5.82. The van der Waals surface area contributed by atoms with Crippen molar-refractivity contribution in [2.24, 2.45) is 11.8 Å². The van der Waals surface area contributed by atoms with Crippen molar-refractivity contribution in [3.05, 3.63) is 47.5 Å². The molecule has 39 heavy (non-hydrogen) atoms. The van der Waals surface area contributed by atoms with Crippen molar-refractivity contribution in [2.45, 2.75) is 102 Å². The molecule has 7 nitrogen and oxygen atoms in total. The Balaban J connectivity index is 1.36. The third-order valence-electron chi connectivity index (χ3n) is 8.16. The summed E-state index contributed by atoms with van der Waals surface area (Å²) < 4.78 is 26.9. The number of carbonyl (C=O) groups is 3. The fraction of sp³-hybridized carbons (Fsp3) is 0.633. The number of hydrogen-bond acceptors (Lipinski definition) is 4. The highest BCUT2D eigenvalue weighted by Crippen LogP contribution is 2.34. The second-order valence-corrected chi connectivity index (χ2v) is 11.5. The molecule has 0 saturated heterocycles. The molecule has 3 aliphatic rings. The number of carbonyl (C=O) groups excluding carboxylic acids is 3. The van der Waals surface area contributed by atoms with Crippen molar-refractivity contribution >= 4 is 17.7 Å². The minimum Gasteiger partial charge on any atom is -0.392 e. The summed E-state index contributed by atoms with van der Waals surface area (Å²) in [6.07, 6.45) is 11.7. The second kappa shape index (κ2) is 13.5. The van der Waals surface area contributed by atoms with Crippen LogP contribution in [0.3, 0.4) is 0 Å². The Hall–Kier alpha value is -2.81. The average Bonchev–Trinajstić information content (AvgIpc) is 3.71. The molecule has 5 atom stereocenters. The van der Waals surface area contributed by atoms with E-state index in [1.165, 1.54) is 0 Å². The molecule has 3 N–H and O–H groups in total. The molecule has 1 unspecified atom stereocenters. The molecule has 0 radical (unpaired) electrons. The zero-order chi connectivity index (χ0) is 27.9. The molecule has 2 fully saturated rings. The van der Waals surface area contributed by atoms with Crippen LogP contribution in [0.25, 0.3) is 0 Å². The molecule has 9 heteroatoms. The molecule has 1 aromatic carbocycles. The van der Waals surface area contributed by atoms with Crippen LogP contribution in [0.4, 0.5) is 8.78 Å². The van der Waals surface area contributed by atoms with Crippen molar-refractivity contribution in [3.8, 4) is 0 Å². The van der Waals surface area contributed by atoms with Gasteiger partial charge in [0.05, 0.1) is 25.0 Å². The maximum absolute atomic E-state index is 13.5. The maximum atomic E-state index is 13.5. The lowest BCUT2D eigenvalue weighted by Gasteiger charge is -2.41. The highest BCUT2D eigenvalue weighted by atomic mass is 19.1. The van der Waals surface area contributed by atoms with Crippen molar-refractivity contribution < 1.29 is 28.3 Å². The highest BCUT2D eigenvalue weighted by molar-refractivity contribution is 5.88. The van der Waals surface area contributed by atoms with Gasteiger partial charge in [0.25, 0.3) is 0 Å². The first-order chi connectivity index (χ1) is 18.7. The van der Waals surface area contributed by atoms with Crippen molar-refractivity contribution in [3.63, 3.8) is 0 Å². The van der Waals surface area contributed by atoms with E-state index in [1.807, 2.05) is 11.0 Å². The summed E-state index contributed by atoms with van der Waals surface area (Å²) >= 11 is 0. The Labute approximate surface area is 229 Å². The molecule has 0 bridgehead atoms. The van der Waals surface area contributed by atoms with Crippen LogP contribution in [-0.4, -0.2) is 58.5 Å². The topological polar surface area (TPSA) is 98.7 Å². The normalized spacial score (nSPS) is 24.5. The number of benzene rings is 1. The van der Waals surface area contributed by atoms with Gasteiger partial charge in [-0.05, 0) is 75.5 Å². The Kier molecular flexibility index (Phi) is 10.1. The van der Waals surface area contributed by atoms with E-state index in [9.17, 15) is 28.3 Å². The van der Waals surface area contributed by atoms with E-state index in [2.05, 4.69) is 16.7 Å². The zero-order valence-corrected chi connectivity index (χ0v) is 22.7. The molecule has 3 amide bonds. The van der Waals surface area contributed by atoms with Gasteiger partial charge in [-0.2, -0.15) is 0 Å². The van der Waals surface area contributed by atoms with Gasteiger partial charge in [-0.15, -0.1) is 0 Å². The number of aliphatic hydroxyl groups excluding tert-OH is 1. The van der Waals surface area contributed by atoms with Crippen LogP contribution in [0.15, 0.2) is 30.4 Å². The van der Waals surface area contributed by atoms with Crippen molar-refractivity contribution in [1.82, 2.24) is 15.5 Å². The summed E-state index contributed by atoms with van der Waals surface area (Å²) in [5.74, 6) is -2.01. The number of hydrogen-bond donors (Lipinski definition) is 3. The molecule has 0 heterocycles. The first-order valence-corrected chi connectivity index (χ1v) is 14.4. The largest absolute Gasteiger partial charge is 0.392 e. The Morgan fingerprint density at radius 1 is 1.03 bits per heavy atom. The van der Waals surface area contributed by atoms with E-state index in [-0.39, 0.29) is 48.2 Å². The average molecular weight is 546 g/mol. The highest BCUT2D eigenvalue weighted by Gasteiger charge is 2.38. The molecular formula is C30H41F2N3O4. The molecular weight excluding hydrogens is 504 g/mol.